The molecule has 0 saturated carbocycles. The highest BCUT2D eigenvalue weighted by Crippen LogP contribution is 2.27. The lowest BCUT2D eigenvalue weighted by Crippen LogP contribution is -2.30. The molecule has 0 fully saturated rings. The minimum absolute atomic E-state index is 0.474. The number of nitrogens with one attached hydrogen (secondary N) is 1. The maximum Gasteiger partial charge on any atom is 0.516 e. The zero-order valence-corrected chi connectivity index (χ0v) is 9.76. The predicted molar refractivity (Wildman–Crippen MR) is 56.7 cm³/mol. The van der Waals surface area contributed by atoms with Gasteiger partial charge in [0, 0.05) is 0 Å². The summed E-state index contributed by atoms with van der Waals surface area (Å²) in [5.41, 5.74) is -6.22. The van der Waals surface area contributed by atoms with Gasteiger partial charge in [0.1, 0.15) is 0 Å². The Bertz CT molecular complexity index is 580. The lowest BCUT2D eigenvalue weighted by atomic mass is 10.1. The van der Waals surface area contributed by atoms with E-state index in [1.165, 1.54) is 17.7 Å². The van der Waals surface area contributed by atoms with E-state index in [1.807, 2.05) is 0 Å². The molecular formula is C9H8F3NO4S. The summed E-state index contributed by atoms with van der Waals surface area (Å²) >= 11 is 0. The van der Waals surface area contributed by atoms with Gasteiger partial charge in [-0.15, -0.1) is 0 Å². The second-order valence-electron chi connectivity index (χ2n) is 3.41. The van der Waals surface area contributed by atoms with Gasteiger partial charge in [0.2, 0.25) is 0 Å². The molecule has 0 atom stereocenters. The first-order chi connectivity index (χ1) is 8.04. The van der Waals surface area contributed by atoms with Crippen LogP contribution in [-0.4, -0.2) is 25.0 Å². The number of hydrogen-bond acceptors (Lipinski definition) is 3. The molecule has 0 saturated heterocycles. The summed E-state index contributed by atoms with van der Waals surface area (Å²) < 4.78 is 59.3. The van der Waals surface area contributed by atoms with Crippen molar-refractivity contribution in [3.8, 4) is 0 Å². The number of anilines is 1. The fraction of sp³-hybridized carbons (Fsp3) is 0.222. The van der Waals surface area contributed by atoms with Crippen molar-refractivity contribution in [1.82, 2.24) is 0 Å². The first kappa shape index (κ1) is 14.3. The number of carboxylic acid groups (broad SMARTS) is 1. The second kappa shape index (κ2) is 4.48. The summed E-state index contributed by atoms with van der Waals surface area (Å²) in [5.74, 6) is -1.53. The topological polar surface area (TPSA) is 83.5 Å². The Morgan fingerprint density at radius 2 is 1.89 bits per heavy atom. The van der Waals surface area contributed by atoms with Crippen LogP contribution in [0.3, 0.4) is 0 Å². The van der Waals surface area contributed by atoms with Crippen molar-refractivity contribution in [1.29, 1.82) is 0 Å². The SMILES string of the molecule is Cc1ccc(NS(=O)(=O)C(F)(F)F)c(C(=O)O)c1. The van der Waals surface area contributed by atoms with Gasteiger partial charge in [-0.25, -0.2) is 4.79 Å². The number of sulfonamides is 1. The van der Waals surface area contributed by atoms with E-state index >= 15 is 0 Å². The van der Waals surface area contributed by atoms with E-state index in [4.69, 9.17) is 5.11 Å². The van der Waals surface area contributed by atoms with Crippen molar-refractivity contribution in [2.24, 2.45) is 0 Å². The zero-order valence-electron chi connectivity index (χ0n) is 8.95. The molecule has 9 heteroatoms. The Kier molecular flexibility index (Phi) is 3.56. The van der Waals surface area contributed by atoms with Crippen molar-refractivity contribution in [3.63, 3.8) is 0 Å². The highest BCUT2D eigenvalue weighted by atomic mass is 32.2. The molecule has 0 unspecified atom stereocenters. The third-order valence-electron chi connectivity index (χ3n) is 1.95. The van der Waals surface area contributed by atoms with E-state index in [0.717, 1.165) is 12.1 Å². The van der Waals surface area contributed by atoms with Gasteiger partial charge in [-0.1, -0.05) is 11.6 Å². The van der Waals surface area contributed by atoms with Crippen LogP contribution < -0.4 is 4.72 Å². The number of benzene rings is 1. The molecule has 0 heterocycles. The van der Waals surface area contributed by atoms with Gasteiger partial charge < -0.3 is 5.11 Å². The molecule has 1 aromatic carbocycles. The minimum Gasteiger partial charge on any atom is -0.478 e. The number of aryl methyl sites for hydroxylation is 1. The van der Waals surface area contributed by atoms with Crippen LogP contribution in [-0.2, 0) is 10.0 Å². The average molecular weight is 283 g/mol. The van der Waals surface area contributed by atoms with Gasteiger partial charge in [-0.05, 0) is 19.1 Å². The van der Waals surface area contributed by atoms with Crippen LogP contribution in [0, 0.1) is 6.92 Å². The Hall–Kier alpha value is -1.77. The summed E-state index contributed by atoms with van der Waals surface area (Å²) in [6.07, 6.45) is 0. The molecule has 0 aromatic heterocycles. The molecule has 0 spiro atoms. The zero-order chi connectivity index (χ0) is 14.1. The largest absolute Gasteiger partial charge is 0.516 e. The number of hydrogen-bond donors (Lipinski definition) is 2. The third-order valence-corrected chi connectivity index (χ3v) is 3.05. The molecule has 100 valence electrons. The van der Waals surface area contributed by atoms with E-state index in [9.17, 15) is 26.4 Å². The lowest BCUT2D eigenvalue weighted by molar-refractivity contribution is -0.0429. The summed E-state index contributed by atoms with van der Waals surface area (Å²) in [7, 11) is -5.63. The molecule has 1 aromatic rings. The molecule has 0 aliphatic heterocycles. The highest BCUT2D eigenvalue weighted by molar-refractivity contribution is 7.93. The number of carbonyl (C=O) groups is 1. The molecule has 0 radical (unpaired) electrons. The quantitative estimate of drug-likeness (QED) is 0.888. The van der Waals surface area contributed by atoms with E-state index in [1.54, 1.807) is 0 Å². The molecule has 5 nitrogen and oxygen atoms in total. The molecule has 0 aliphatic rings. The predicted octanol–water partition coefficient (Wildman–Crippen LogP) is 1.95. The van der Waals surface area contributed by atoms with Crippen molar-refractivity contribution in [2.75, 3.05) is 4.72 Å². The number of halogens is 3. The molecule has 1 rings (SSSR count). The lowest BCUT2D eigenvalue weighted by Gasteiger charge is -2.12. The van der Waals surface area contributed by atoms with Gasteiger partial charge in [0.15, 0.2) is 0 Å². The smallest absolute Gasteiger partial charge is 0.478 e. The van der Waals surface area contributed by atoms with Gasteiger partial charge in [-0.3, -0.25) is 4.72 Å². The monoisotopic (exact) mass is 283 g/mol. The average Bonchev–Trinajstić information content (AvgIpc) is 2.18. The van der Waals surface area contributed by atoms with Crippen LogP contribution in [0.1, 0.15) is 15.9 Å². The normalized spacial score (nSPS) is 12.2. The van der Waals surface area contributed by atoms with Crippen LogP contribution in [0.4, 0.5) is 18.9 Å². The maximum atomic E-state index is 12.1. The van der Waals surface area contributed by atoms with Crippen LogP contribution in [0.5, 0.6) is 0 Å². The maximum absolute atomic E-state index is 12.1. The Morgan fingerprint density at radius 3 is 2.33 bits per heavy atom. The van der Waals surface area contributed by atoms with Gasteiger partial charge in [0.25, 0.3) is 0 Å². The number of carboxylic acids is 1. The second-order valence-corrected chi connectivity index (χ2v) is 5.08. The molecule has 2 N–H and O–H groups in total. The standard InChI is InChI=1S/C9H8F3NO4S/c1-5-2-3-7(6(4-5)8(14)15)13-18(16,17)9(10,11)12/h2-4,13H,1H3,(H,14,15). The van der Waals surface area contributed by atoms with Crippen molar-refractivity contribution >= 4 is 21.7 Å². The minimum atomic E-state index is -5.63. The van der Waals surface area contributed by atoms with Gasteiger partial charge in [-0.2, -0.15) is 21.6 Å². The summed E-state index contributed by atoms with van der Waals surface area (Å²) in [6.45, 7) is 1.52. The fourth-order valence-electron chi connectivity index (χ4n) is 1.13. The Morgan fingerprint density at radius 1 is 1.33 bits per heavy atom. The summed E-state index contributed by atoms with van der Waals surface area (Å²) in [4.78, 5) is 10.8. The van der Waals surface area contributed by atoms with E-state index in [2.05, 4.69) is 0 Å². The van der Waals surface area contributed by atoms with E-state index in [-0.39, 0.29) is 0 Å². The Balaban J connectivity index is 3.25. The molecule has 0 aliphatic carbocycles. The first-order valence-corrected chi connectivity index (χ1v) is 5.96. The van der Waals surface area contributed by atoms with Gasteiger partial charge >= 0.3 is 21.5 Å². The number of alkyl halides is 3. The Labute approximate surface area is 100 Å². The van der Waals surface area contributed by atoms with Crippen LogP contribution in [0.15, 0.2) is 18.2 Å². The summed E-state index contributed by atoms with van der Waals surface area (Å²) in [5, 5.41) is 8.77. The van der Waals surface area contributed by atoms with Crippen molar-refractivity contribution < 1.29 is 31.5 Å². The van der Waals surface area contributed by atoms with E-state index in [0.29, 0.717) is 5.56 Å². The van der Waals surface area contributed by atoms with Crippen LogP contribution in [0.2, 0.25) is 0 Å². The summed E-state index contributed by atoms with van der Waals surface area (Å²) in [6, 6.07) is 3.32. The molecular weight excluding hydrogens is 275 g/mol. The highest BCUT2D eigenvalue weighted by Gasteiger charge is 2.46. The van der Waals surface area contributed by atoms with Gasteiger partial charge in [0.05, 0.1) is 11.3 Å². The first-order valence-electron chi connectivity index (χ1n) is 4.47. The molecule has 0 bridgehead atoms. The molecule has 18 heavy (non-hydrogen) atoms. The number of rotatable bonds is 3. The van der Waals surface area contributed by atoms with Crippen molar-refractivity contribution in [3.05, 3.63) is 29.3 Å². The van der Waals surface area contributed by atoms with Crippen molar-refractivity contribution in [2.45, 2.75) is 12.4 Å². The van der Waals surface area contributed by atoms with E-state index < -0.39 is 32.8 Å². The third kappa shape index (κ3) is 2.92. The number of aromatic carboxylic acids is 1. The molecule has 0 amide bonds. The fourth-order valence-corrected chi connectivity index (χ4v) is 1.71. The van der Waals surface area contributed by atoms with Crippen LogP contribution >= 0.6 is 0 Å². The van der Waals surface area contributed by atoms with Crippen LogP contribution in [0.25, 0.3) is 0 Å².